The van der Waals surface area contributed by atoms with Gasteiger partial charge in [-0.25, -0.2) is 0 Å². The van der Waals surface area contributed by atoms with Crippen molar-refractivity contribution < 1.29 is 24.5 Å². The first-order valence-electron chi connectivity index (χ1n) is 37.3. The predicted octanol–water partition coefficient (Wildman–Crippen LogP) is 24.3. The van der Waals surface area contributed by atoms with Gasteiger partial charge in [-0.2, -0.15) is 0 Å². The average molecular weight is 1150 g/mol. The molecule has 0 saturated carbocycles. The maximum atomic E-state index is 12.5. The molecule has 0 radical (unpaired) electrons. The van der Waals surface area contributed by atoms with Crippen LogP contribution in [0.15, 0.2) is 36.5 Å². The van der Waals surface area contributed by atoms with Gasteiger partial charge in [0.25, 0.3) is 0 Å². The first kappa shape index (κ1) is 80.1. The Morgan fingerprint density at radius 3 is 0.927 bits per heavy atom. The Morgan fingerprint density at radius 2 is 0.610 bits per heavy atom. The zero-order chi connectivity index (χ0) is 59.2. The number of hydrogen-bond donors (Lipinski definition) is 3. The molecule has 0 aromatic heterocycles. The SMILES string of the molecule is CCCCCCCCCCCCCCCCCCC/C=C/C(O)C(CO)NC(=O)CCCCCCCCCCCCCCCCCCC/C=C\C/C=C\CCCCCCCCCCCOC(=O)CCCCCCCCCCCCCCC. The van der Waals surface area contributed by atoms with Crippen molar-refractivity contribution in [3.63, 3.8) is 0 Å². The lowest BCUT2D eigenvalue weighted by Gasteiger charge is -2.20. The summed E-state index contributed by atoms with van der Waals surface area (Å²) in [5, 5.41) is 23.2. The Labute approximate surface area is 513 Å². The van der Waals surface area contributed by atoms with Gasteiger partial charge in [0.2, 0.25) is 5.91 Å². The molecule has 0 heterocycles. The van der Waals surface area contributed by atoms with Gasteiger partial charge in [0.15, 0.2) is 0 Å². The van der Waals surface area contributed by atoms with Crippen LogP contribution in [-0.4, -0.2) is 47.4 Å². The topological polar surface area (TPSA) is 95.9 Å². The van der Waals surface area contributed by atoms with E-state index >= 15 is 0 Å². The van der Waals surface area contributed by atoms with Crippen LogP contribution in [0.1, 0.15) is 412 Å². The van der Waals surface area contributed by atoms with Gasteiger partial charge in [-0.3, -0.25) is 9.59 Å². The van der Waals surface area contributed by atoms with E-state index < -0.39 is 12.1 Å². The summed E-state index contributed by atoms with van der Waals surface area (Å²) in [6.45, 7) is 4.94. The number of amides is 1. The summed E-state index contributed by atoms with van der Waals surface area (Å²) >= 11 is 0. The fraction of sp³-hybridized carbons (Fsp3) is 0.895. The zero-order valence-electron chi connectivity index (χ0n) is 55.5. The Kier molecular flexibility index (Phi) is 69.9. The average Bonchev–Trinajstić information content (AvgIpc) is 3.48. The number of aliphatic hydroxyl groups is 2. The third-order valence-corrected chi connectivity index (χ3v) is 17.4. The van der Waals surface area contributed by atoms with Gasteiger partial charge < -0.3 is 20.3 Å². The monoisotopic (exact) mass is 1150 g/mol. The molecular weight excluding hydrogens is 1010 g/mol. The Morgan fingerprint density at radius 1 is 0.341 bits per heavy atom. The summed E-state index contributed by atoms with van der Waals surface area (Å²) < 4.78 is 5.49. The number of nitrogens with one attached hydrogen (secondary N) is 1. The van der Waals surface area contributed by atoms with E-state index in [1.54, 1.807) is 6.08 Å². The number of rotatable bonds is 70. The van der Waals surface area contributed by atoms with Gasteiger partial charge in [-0.05, 0) is 64.2 Å². The number of unbranched alkanes of at least 4 members (excludes halogenated alkanes) is 55. The number of ether oxygens (including phenoxy) is 1. The third kappa shape index (κ3) is 67.2. The normalized spacial score (nSPS) is 12.7. The van der Waals surface area contributed by atoms with Crippen LogP contribution in [0.3, 0.4) is 0 Å². The highest BCUT2D eigenvalue weighted by Gasteiger charge is 2.18. The van der Waals surface area contributed by atoms with Crippen LogP contribution < -0.4 is 5.32 Å². The molecule has 1 amide bonds. The number of carbonyl (C=O) groups excluding carboxylic acids is 2. The third-order valence-electron chi connectivity index (χ3n) is 17.4. The molecule has 0 aliphatic carbocycles. The van der Waals surface area contributed by atoms with E-state index in [-0.39, 0.29) is 18.5 Å². The zero-order valence-corrected chi connectivity index (χ0v) is 55.5. The maximum absolute atomic E-state index is 12.5. The highest BCUT2D eigenvalue weighted by atomic mass is 16.5. The second-order valence-electron chi connectivity index (χ2n) is 25.6. The minimum absolute atomic E-state index is 0.0160. The van der Waals surface area contributed by atoms with Gasteiger partial charge in [0, 0.05) is 12.8 Å². The van der Waals surface area contributed by atoms with Gasteiger partial charge in [-0.1, -0.05) is 371 Å². The first-order valence-corrected chi connectivity index (χ1v) is 37.3. The van der Waals surface area contributed by atoms with Crippen molar-refractivity contribution in [2.75, 3.05) is 13.2 Å². The van der Waals surface area contributed by atoms with E-state index in [4.69, 9.17) is 4.74 Å². The van der Waals surface area contributed by atoms with Crippen molar-refractivity contribution in [2.24, 2.45) is 0 Å². The van der Waals surface area contributed by atoms with E-state index in [2.05, 4.69) is 43.5 Å². The first-order chi connectivity index (χ1) is 40.5. The number of carbonyl (C=O) groups is 2. The van der Waals surface area contributed by atoms with Crippen molar-refractivity contribution in [1.29, 1.82) is 0 Å². The van der Waals surface area contributed by atoms with E-state index in [0.29, 0.717) is 19.4 Å². The van der Waals surface area contributed by atoms with E-state index in [1.165, 1.54) is 340 Å². The lowest BCUT2D eigenvalue weighted by molar-refractivity contribution is -0.143. The maximum Gasteiger partial charge on any atom is 0.305 e. The molecule has 6 heteroatoms. The fourth-order valence-corrected chi connectivity index (χ4v) is 11.7. The molecule has 0 aromatic carbocycles. The molecule has 0 saturated heterocycles. The summed E-state index contributed by atoms with van der Waals surface area (Å²) in [5.74, 6) is -0.0465. The number of hydrogen-bond acceptors (Lipinski definition) is 5. The minimum atomic E-state index is -0.844. The molecule has 3 N–H and O–H groups in total. The minimum Gasteiger partial charge on any atom is -0.466 e. The second kappa shape index (κ2) is 71.6. The van der Waals surface area contributed by atoms with Crippen LogP contribution in [0, 0.1) is 0 Å². The van der Waals surface area contributed by atoms with Gasteiger partial charge in [0.05, 0.1) is 25.4 Å². The predicted molar refractivity (Wildman–Crippen MR) is 361 cm³/mol. The standard InChI is InChI=1S/C76H145NO5/c1-3-5-7-9-11-13-15-17-18-19-35-38-41-45-48-52-56-60-64-68-74(79)73(72-78)77-75(80)69-65-61-57-53-49-46-42-39-36-33-31-29-27-25-23-21-20-22-24-26-28-30-32-34-37-40-43-47-51-55-59-63-67-71-82-76(81)70-66-62-58-54-50-44-16-14-12-10-8-6-4-2/h24,26,30,32,64,68,73-74,78-79H,3-23,25,27-29,31,33-63,65-67,69-72H2,1-2H3,(H,77,80)/b26-24-,32-30-,68-64+. The van der Waals surface area contributed by atoms with Crippen molar-refractivity contribution in [3.05, 3.63) is 36.5 Å². The van der Waals surface area contributed by atoms with Crippen molar-refractivity contribution in [3.8, 4) is 0 Å². The molecule has 0 bridgehead atoms. The quantitative estimate of drug-likeness (QED) is 0.0320. The highest BCUT2D eigenvalue weighted by molar-refractivity contribution is 5.76. The van der Waals surface area contributed by atoms with Gasteiger partial charge in [0.1, 0.15) is 0 Å². The summed E-state index contributed by atoms with van der Waals surface area (Å²) in [4.78, 5) is 24.6. The molecule has 484 valence electrons. The van der Waals surface area contributed by atoms with Crippen molar-refractivity contribution in [1.82, 2.24) is 5.32 Å². The summed E-state index contributed by atoms with van der Waals surface area (Å²) in [6, 6.07) is -0.627. The smallest absolute Gasteiger partial charge is 0.305 e. The molecular formula is C76H145NO5. The van der Waals surface area contributed by atoms with E-state index in [1.807, 2.05) is 6.08 Å². The highest BCUT2D eigenvalue weighted by Crippen LogP contribution is 2.19. The molecule has 0 aliphatic heterocycles. The Balaban J connectivity index is 3.40. The number of allylic oxidation sites excluding steroid dienone is 5. The molecule has 0 aliphatic rings. The number of aliphatic hydroxyl groups excluding tert-OH is 2. The molecule has 2 atom stereocenters. The molecule has 82 heavy (non-hydrogen) atoms. The molecule has 0 aromatic rings. The second-order valence-corrected chi connectivity index (χ2v) is 25.6. The fourth-order valence-electron chi connectivity index (χ4n) is 11.7. The van der Waals surface area contributed by atoms with Crippen LogP contribution in [0.25, 0.3) is 0 Å². The summed E-state index contributed by atoms with van der Waals surface area (Å²) in [7, 11) is 0. The summed E-state index contributed by atoms with van der Waals surface area (Å²) in [5.41, 5.74) is 0. The number of esters is 1. The van der Waals surface area contributed by atoms with Crippen LogP contribution in [0.4, 0.5) is 0 Å². The lowest BCUT2D eigenvalue weighted by atomic mass is 10.0. The molecule has 6 nitrogen and oxygen atoms in total. The molecule has 0 rings (SSSR count). The van der Waals surface area contributed by atoms with E-state index in [0.717, 1.165) is 44.9 Å². The Hall–Kier alpha value is -1.92. The van der Waals surface area contributed by atoms with E-state index in [9.17, 15) is 19.8 Å². The van der Waals surface area contributed by atoms with Crippen molar-refractivity contribution >= 4 is 11.9 Å². The van der Waals surface area contributed by atoms with Crippen LogP contribution in [0.2, 0.25) is 0 Å². The van der Waals surface area contributed by atoms with Crippen LogP contribution in [0.5, 0.6) is 0 Å². The van der Waals surface area contributed by atoms with Gasteiger partial charge >= 0.3 is 5.97 Å². The largest absolute Gasteiger partial charge is 0.466 e. The molecule has 0 spiro atoms. The summed E-state index contributed by atoms with van der Waals surface area (Å²) in [6.07, 6.45) is 92.4. The lowest BCUT2D eigenvalue weighted by Crippen LogP contribution is -2.45. The van der Waals surface area contributed by atoms with Crippen molar-refractivity contribution in [2.45, 2.75) is 424 Å². The molecule has 0 fully saturated rings. The molecule has 2 unspecified atom stereocenters. The Bertz CT molecular complexity index is 1330. The van der Waals surface area contributed by atoms with Crippen LogP contribution in [-0.2, 0) is 14.3 Å². The van der Waals surface area contributed by atoms with Gasteiger partial charge in [-0.15, -0.1) is 0 Å². The van der Waals surface area contributed by atoms with Crippen LogP contribution >= 0.6 is 0 Å².